The normalized spacial score (nSPS) is 9.71. The maximum atomic E-state index is 10.1. The van der Waals surface area contributed by atoms with E-state index in [1.807, 2.05) is 0 Å². The molecular weight excluding hydrogens is 236 g/mol. The first-order valence-corrected chi connectivity index (χ1v) is 3.52. The van der Waals surface area contributed by atoms with Crippen LogP contribution in [0.25, 0.3) is 6.08 Å². The Hall–Kier alpha value is -1.45. The summed E-state index contributed by atoms with van der Waals surface area (Å²) in [7, 11) is 0. The molecule has 0 aliphatic heterocycles. The minimum atomic E-state index is -1.06. The number of carbonyl (C=O) groups is 1. The third-order valence-electron chi connectivity index (χ3n) is 1.42. The van der Waals surface area contributed by atoms with Gasteiger partial charge in [0.15, 0.2) is 11.5 Å². The van der Waals surface area contributed by atoms with Crippen molar-refractivity contribution in [3.63, 3.8) is 0 Å². The number of rotatable bonds is 2. The molecule has 0 fully saturated rings. The molecule has 0 aliphatic carbocycles. The molecule has 4 nitrogen and oxygen atoms in total. The van der Waals surface area contributed by atoms with Gasteiger partial charge in [0.05, 0.1) is 0 Å². The van der Waals surface area contributed by atoms with E-state index in [1.165, 1.54) is 24.3 Å². The number of aliphatic carboxylic acids is 1. The molecule has 0 atom stereocenters. The molecule has 0 saturated carbocycles. The van der Waals surface area contributed by atoms with Gasteiger partial charge in [-0.15, -0.1) is 0 Å². The monoisotopic (exact) mass is 243 g/mol. The molecule has 14 heavy (non-hydrogen) atoms. The Morgan fingerprint density at radius 2 is 1.86 bits per heavy atom. The van der Waals surface area contributed by atoms with Crippen molar-refractivity contribution in [1.82, 2.24) is 0 Å². The van der Waals surface area contributed by atoms with Crippen LogP contribution < -0.4 is 0 Å². The van der Waals surface area contributed by atoms with Crippen LogP contribution in [0.4, 0.5) is 0 Å². The second kappa shape index (κ2) is 5.32. The first-order chi connectivity index (χ1) is 6.09. The van der Waals surface area contributed by atoms with Crippen molar-refractivity contribution in [1.29, 1.82) is 0 Å². The number of phenols is 2. The SMILES string of the molecule is O=C(O)C=Cc1ccc(O)c(O)c1.[Cu]. The van der Waals surface area contributed by atoms with Gasteiger partial charge < -0.3 is 15.3 Å². The Balaban J connectivity index is 0.00000169. The molecule has 79 valence electrons. The van der Waals surface area contributed by atoms with E-state index in [0.29, 0.717) is 5.56 Å². The first-order valence-electron chi connectivity index (χ1n) is 3.52. The minimum Gasteiger partial charge on any atom is -0.504 e. The summed E-state index contributed by atoms with van der Waals surface area (Å²) in [5.41, 5.74) is 0.512. The van der Waals surface area contributed by atoms with Crippen LogP contribution in [0.5, 0.6) is 11.5 Å². The summed E-state index contributed by atoms with van der Waals surface area (Å²) in [6, 6.07) is 4.06. The third-order valence-corrected chi connectivity index (χ3v) is 1.42. The van der Waals surface area contributed by atoms with Crippen molar-refractivity contribution in [3.8, 4) is 11.5 Å². The number of aromatic hydroxyl groups is 2. The Labute approximate surface area is 91.0 Å². The Kier molecular flexibility index (Phi) is 4.77. The van der Waals surface area contributed by atoms with Crippen LogP contribution in [-0.4, -0.2) is 21.3 Å². The fourth-order valence-electron chi connectivity index (χ4n) is 0.812. The van der Waals surface area contributed by atoms with Gasteiger partial charge in [-0.25, -0.2) is 4.79 Å². The summed E-state index contributed by atoms with van der Waals surface area (Å²) in [6.45, 7) is 0. The summed E-state index contributed by atoms with van der Waals surface area (Å²) in [5.74, 6) is -1.56. The zero-order valence-electron chi connectivity index (χ0n) is 6.94. The molecule has 0 bridgehead atoms. The van der Waals surface area contributed by atoms with E-state index in [2.05, 4.69) is 0 Å². The van der Waals surface area contributed by atoms with E-state index in [9.17, 15) is 4.79 Å². The van der Waals surface area contributed by atoms with Crippen LogP contribution in [-0.2, 0) is 21.9 Å². The summed E-state index contributed by atoms with van der Waals surface area (Å²) >= 11 is 0. The maximum absolute atomic E-state index is 10.1. The molecule has 1 aromatic rings. The van der Waals surface area contributed by atoms with E-state index in [0.717, 1.165) is 6.08 Å². The van der Waals surface area contributed by atoms with Crippen LogP contribution in [0.2, 0.25) is 0 Å². The van der Waals surface area contributed by atoms with Crippen LogP contribution >= 0.6 is 0 Å². The quantitative estimate of drug-likeness (QED) is 0.414. The van der Waals surface area contributed by atoms with Crippen molar-refractivity contribution < 1.29 is 37.2 Å². The first kappa shape index (κ1) is 12.5. The van der Waals surface area contributed by atoms with Gasteiger partial charge in [-0.3, -0.25) is 0 Å². The van der Waals surface area contributed by atoms with Crippen molar-refractivity contribution in [2.24, 2.45) is 0 Å². The predicted octanol–water partition coefficient (Wildman–Crippen LogP) is 1.19. The van der Waals surface area contributed by atoms with Gasteiger partial charge in [-0.1, -0.05) is 6.07 Å². The van der Waals surface area contributed by atoms with Gasteiger partial charge in [-0.05, 0) is 23.8 Å². The molecule has 3 N–H and O–H groups in total. The van der Waals surface area contributed by atoms with Gasteiger partial charge in [0.25, 0.3) is 0 Å². The summed E-state index contributed by atoms with van der Waals surface area (Å²) < 4.78 is 0. The molecular formula is C9H8CuO4. The molecule has 0 unspecified atom stereocenters. The second-order valence-corrected chi connectivity index (χ2v) is 2.42. The molecule has 0 spiro atoms. The Morgan fingerprint density at radius 3 is 2.36 bits per heavy atom. The Morgan fingerprint density at radius 1 is 1.21 bits per heavy atom. The predicted molar refractivity (Wildman–Crippen MR) is 46.4 cm³/mol. The third kappa shape index (κ3) is 3.51. The van der Waals surface area contributed by atoms with Crippen molar-refractivity contribution in [2.75, 3.05) is 0 Å². The van der Waals surface area contributed by atoms with Crippen LogP contribution in [0.1, 0.15) is 5.56 Å². The average molecular weight is 244 g/mol. The van der Waals surface area contributed by atoms with Crippen LogP contribution in [0, 0.1) is 0 Å². The van der Waals surface area contributed by atoms with Crippen molar-refractivity contribution in [2.45, 2.75) is 0 Å². The van der Waals surface area contributed by atoms with E-state index in [4.69, 9.17) is 15.3 Å². The fourth-order valence-corrected chi connectivity index (χ4v) is 0.812. The zero-order valence-corrected chi connectivity index (χ0v) is 7.88. The van der Waals surface area contributed by atoms with E-state index in [1.54, 1.807) is 0 Å². The molecule has 0 saturated heterocycles. The summed E-state index contributed by atoms with van der Waals surface area (Å²) in [4.78, 5) is 10.1. The topological polar surface area (TPSA) is 77.8 Å². The molecule has 5 heteroatoms. The second-order valence-electron chi connectivity index (χ2n) is 2.42. The molecule has 0 aliphatic rings. The molecule has 0 amide bonds. The number of phenolic OH excluding ortho intramolecular Hbond substituents is 2. The molecule has 1 rings (SSSR count). The number of carboxylic acid groups (broad SMARTS) is 1. The van der Waals surface area contributed by atoms with Gasteiger partial charge in [-0.2, -0.15) is 0 Å². The summed E-state index contributed by atoms with van der Waals surface area (Å²) in [6.07, 6.45) is 2.27. The number of carboxylic acids is 1. The molecule has 1 aromatic carbocycles. The van der Waals surface area contributed by atoms with E-state index < -0.39 is 5.97 Å². The number of hydrogen-bond acceptors (Lipinski definition) is 3. The minimum absolute atomic E-state index is 0. The molecule has 0 heterocycles. The average Bonchev–Trinajstić information content (AvgIpc) is 2.07. The number of hydrogen-bond donors (Lipinski definition) is 3. The largest absolute Gasteiger partial charge is 0.504 e. The number of benzene rings is 1. The van der Waals surface area contributed by atoms with Gasteiger partial charge >= 0.3 is 5.97 Å². The van der Waals surface area contributed by atoms with Crippen molar-refractivity contribution in [3.05, 3.63) is 29.8 Å². The van der Waals surface area contributed by atoms with Crippen LogP contribution in [0.3, 0.4) is 0 Å². The molecule has 0 aromatic heterocycles. The van der Waals surface area contributed by atoms with Gasteiger partial charge in [0.1, 0.15) is 0 Å². The molecule has 1 radical (unpaired) electrons. The van der Waals surface area contributed by atoms with Crippen molar-refractivity contribution >= 4 is 12.0 Å². The Bertz CT molecular complexity index is 360. The standard InChI is InChI=1S/C9H8O4.Cu/c10-7-3-1-6(5-8(7)11)2-4-9(12)13;/h1-5,10-11H,(H,12,13);. The van der Waals surface area contributed by atoms with E-state index >= 15 is 0 Å². The van der Waals surface area contributed by atoms with Crippen LogP contribution in [0.15, 0.2) is 24.3 Å². The zero-order chi connectivity index (χ0) is 9.84. The fraction of sp³-hybridized carbons (Fsp3) is 0. The maximum Gasteiger partial charge on any atom is 0.328 e. The van der Waals surface area contributed by atoms with E-state index in [-0.39, 0.29) is 28.6 Å². The summed E-state index contributed by atoms with van der Waals surface area (Å²) in [5, 5.41) is 26.3. The van der Waals surface area contributed by atoms with Gasteiger partial charge in [0.2, 0.25) is 0 Å². The van der Waals surface area contributed by atoms with Gasteiger partial charge in [0, 0.05) is 23.1 Å². The smallest absolute Gasteiger partial charge is 0.328 e.